The zero-order valence-electron chi connectivity index (χ0n) is 16.5. The Hall–Kier alpha value is -2.60. The molecular weight excluding hydrogens is 357 g/mol. The summed E-state index contributed by atoms with van der Waals surface area (Å²) in [6, 6.07) is 14.7. The number of carbonyl (C=O) groups is 1. The number of ether oxygens (including phenoxy) is 1. The van der Waals surface area contributed by atoms with Gasteiger partial charge in [-0.1, -0.05) is 24.3 Å². The van der Waals surface area contributed by atoms with E-state index in [0.29, 0.717) is 6.54 Å². The molecule has 6 heteroatoms. The molecule has 1 fully saturated rings. The van der Waals surface area contributed by atoms with Crippen LogP contribution < -0.4 is 15.0 Å². The minimum atomic E-state index is -0.466. The lowest BCUT2D eigenvalue weighted by Crippen LogP contribution is -2.38. The zero-order valence-corrected chi connectivity index (χ0v) is 16.5. The molecule has 1 aliphatic heterocycles. The van der Waals surface area contributed by atoms with E-state index in [1.807, 2.05) is 14.1 Å². The summed E-state index contributed by atoms with van der Waals surface area (Å²) < 4.78 is 18.9. The predicted molar refractivity (Wildman–Crippen MR) is 109 cm³/mol. The van der Waals surface area contributed by atoms with Gasteiger partial charge in [0.1, 0.15) is 0 Å². The van der Waals surface area contributed by atoms with Gasteiger partial charge in [-0.3, -0.25) is 9.69 Å². The van der Waals surface area contributed by atoms with Gasteiger partial charge in [0.15, 0.2) is 18.2 Å². The Bertz CT molecular complexity index is 774. The Morgan fingerprint density at radius 3 is 2.46 bits per heavy atom. The summed E-state index contributed by atoms with van der Waals surface area (Å²) in [6.07, 6.45) is 2.35. The molecule has 2 aromatic rings. The third-order valence-electron chi connectivity index (χ3n) is 5.06. The minimum Gasteiger partial charge on any atom is -0.481 e. The van der Waals surface area contributed by atoms with E-state index >= 15 is 0 Å². The van der Waals surface area contributed by atoms with Crippen LogP contribution in [-0.4, -0.2) is 51.1 Å². The molecule has 0 aromatic heterocycles. The summed E-state index contributed by atoms with van der Waals surface area (Å²) >= 11 is 0. The van der Waals surface area contributed by atoms with Crippen LogP contribution in [0.25, 0.3) is 0 Å². The van der Waals surface area contributed by atoms with E-state index in [2.05, 4.69) is 39.4 Å². The molecule has 1 saturated heterocycles. The van der Waals surface area contributed by atoms with Crippen molar-refractivity contribution in [2.75, 3.05) is 45.2 Å². The largest absolute Gasteiger partial charge is 0.481 e. The van der Waals surface area contributed by atoms with Crippen molar-refractivity contribution < 1.29 is 13.9 Å². The van der Waals surface area contributed by atoms with E-state index < -0.39 is 5.82 Å². The fraction of sp³-hybridized carbons (Fsp3) is 0.409. The van der Waals surface area contributed by atoms with Crippen LogP contribution in [0.4, 0.5) is 10.1 Å². The van der Waals surface area contributed by atoms with Crippen LogP contribution in [0.5, 0.6) is 5.75 Å². The van der Waals surface area contributed by atoms with Crippen LogP contribution in [0.2, 0.25) is 0 Å². The fourth-order valence-electron chi connectivity index (χ4n) is 3.47. The summed E-state index contributed by atoms with van der Waals surface area (Å²) in [5.74, 6) is -0.628. The SMILES string of the molecule is CN(C)c1ccc([C@@H](CNC(=O)COc2ccccc2F)N2CCCC2)cc1. The van der Waals surface area contributed by atoms with Gasteiger partial charge in [-0.15, -0.1) is 0 Å². The number of rotatable bonds is 8. The molecule has 1 amide bonds. The first-order chi connectivity index (χ1) is 13.5. The topological polar surface area (TPSA) is 44.8 Å². The van der Waals surface area contributed by atoms with Gasteiger partial charge in [0, 0.05) is 26.3 Å². The second-order valence-electron chi connectivity index (χ2n) is 7.27. The number of benzene rings is 2. The Morgan fingerprint density at radius 2 is 1.82 bits per heavy atom. The van der Waals surface area contributed by atoms with E-state index in [1.54, 1.807) is 12.1 Å². The number of hydrogen-bond donors (Lipinski definition) is 1. The summed E-state index contributed by atoms with van der Waals surface area (Å²) in [7, 11) is 4.03. The van der Waals surface area contributed by atoms with Crippen LogP contribution in [0.15, 0.2) is 48.5 Å². The van der Waals surface area contributed by atoms with Crippen molar-refractivity contribution in [3.05, 3.63) is 59.9 Å². The second kappa shape index (κ2) is 9.55. The smallest absolute Gasteiger partial charge is 0.258 e. The molecule has 150 valence electrons. The molecule has 0 saturated carbocycles. The highest BCUT2D eigenvalue weighted by atomic mass is 19.1. The van der Waals surface area contributed by atoms with Crippen LogP contribution in [0.3, 0.4) is 0 Å². The first-order valence-electron chi connectivity index (χ1n) is 9.70. The minimum absolute atomic E-state index is 0.0908. The number of hydrogen-bond acceptors (Lipinski definition) is 4. The lowest BCUT2D eigenvalue weighted by molar-refractivity contribution is -0.123. The molecule has 2 aromatic carbocycles. The molecule has 1 N–H and O–H groups in total. The maximum absolute atomic E-state index is 13.6. The highest BCUT2D eigenvalue weighted by Gasteiger charge is 2.24. The average Bonchev–Trinajstić information content (AvgIpc) is 3.22. The van der Waals surface area contributed by atoms with Gasteiger partial charge in [0.2, 0.25) is 0 Å². The molecule has 5 nitrogen and oxygen atoms in total. The molecule has 0 spiro atoms. The van der Waals surface area contributed by atoms with Crippen molar-refractivity contribution >= 4 is 11.6 Å². The first kappa shape index (κ1) is 20.1. The molecule has 28 heavy (non-hydrogen) atoms. The van der Waals surface area contributed by atoms with Crippen molar-refractivity contribution in [1.82, 2.24) is 10.2 Å². The second-order valence-corrected chi connectivity index (χ2v) is 7.27. The van der Waals surface area contributed by atoms with Gasteiger partial charge in [0.05, 0.1) is 6.04 Å². The molecule has 0 aliphatic carbocycles. The summed E-state index contributed by atoms with van der Waals surface area (Å²) in [5.41, 5.74) is 2.33. The standard InChI is InChI=1S/C22H28FN3O2/c1-25(2)18-11-9-17(10-12-18)20(26-13-5-6-14-26)15-24-22(27)16-28-21-8-4-3-7-19(21)23/h3-4,7-12,20H,5-6,13-16H2,1-2H3,(H,24,27)/t20-/m1/s1. The fourth-order valence-corrected chi connectivity index (χ4v) is 3.47. The number of amides is 1. The van der Waals surface area contributed by atoms with E-state index in [4.69, 9.17) is 4.74 Å². The number of anilines is 1. The van der Waals surface area contributed by atoms with E-state index in [1.165, 1.54) is 30.5 Å². The number of para-hydroxylation sites is 1. The number of carbonyl (C=O) groups excluding carboxylic acids is 1. The maximum Gasteiger partial charge on any atom is 0.258 e. The van der Waals surface area contributed by atoms with Gasteiger partial charge in [-0.05, 0) is 55.8 Å². The summed E-state index contributed by atoms with van der Waals surface area (Å²) in [6.45, 7) is 2.36. The summed E-state index contributed by atoms with van der Waals surface area (Å²) in [4.78, 5) is 16.7. The highest BCUT2D eigenvalue weighted by Crippen LogP contribution is 2.26. The third kappa shape index (κ3) is 5.23. The number of halogens is 1. The van der Waals surface area contributed by atoms with Crippen molar-refractivity contribution in [1.29, 1.82) is 0 Å². The molecule has 0 unspecified atom stereocenters. The highest BCUT2D eigenvalue weighted by molar-refractivity contribution is 5.77. The van der Waals surface area contributed by atoms with Crippen molar-refractivity contribution in [3.63, 3.8) is 0 Å². The Morgan fingerprint density at radius 1 is 1.14 bits per heavy atom. The zero-order chi connectivity index (χ0) is 19.9. The van der Waals surface area contributed by atoms with Gasteiger partial charge < -0.3 is 15.0 Å². The number of nitrogens with zero attached hydrogens (tertiary/aromatic N) is 2. The van der Waals surface area contributed by atoms with Crippen LogP contribution >= 0.6 is 0 Å². The molecule has 1 heterocycles. The Kier molecular flexibility index (Phi) is 6.87. The first-order valence-corrected chi connectivity index (χ1v) is 9.70. The molecule has 0 radical (unpaired) electrons. The quantitative estimate of drug-likeness (QED) is 0.758. The van der Waals surface area contributed by atoms with Gasteiger partial charge in [-0.25, -0.2) is 4.39 Å². The maximum atomic E-state index is 13.6. The monoisotopic (exact) mass is 385 g/mol. The van der Waals surface area contributed by atoms with Gasteiger partial charge in [-0.2, -0.15) is 0 Å². The van der Waals surface area contributed by atoms with E-state index in [9.17, 15) is 9.18 Å². The van der Waals surface area contributed by atoms with Gasteiger partial charge >= 0.3 is 0 Å². The van der Waals surface area contributed by atoms with E-state index in [0.717, 1.165) is 18.8 Å². The van der Waals surface area contributed by atoms with Crippen molar-refractivity contribution in [2.45, 2.75) is 18.9 Å². The third-order valence-corrected chi connectivity index (χ3v) is 5.06. The molecular formula is C22H28FN3O2. The van der Waals surface area contributed by atoms with Gasteiger partial charge in [0.25, 0.3) is 5.91 Å². The Labute approximate surface area is 166 Å². The van der Waals surface area contributed by atoms with Crippen LogP contribution in [0, 0.1) is 5.82 Å². The van der Waals surface area contributed by atoms with Crippen LogP contribution in [-0.2, 0) is 4.79 Å². The molecule has 3 rings (SSSR count). The lowest BCUT2D eigenvalue weighted by Gasteiger charge is -2.28. The van der Waals surface area contributed by atoms with Crippen LogP contribution in [0.1, 0.15) is 24.4 Å². The normalized spacial score (nSPS) is 15.2. The molecule has 1 atom stereocenters. The number of nitrogens with one attached hydrogen (secondary N) is 1. The van der Waals surface area contributed by atoms with Crippen molar-refractivity contribution in [3.8, 4) is 5.75 Å². The predicted octanol–water partition coefficient (Wildman–Crippen LogP) is 3.22. The molecule has 0 bridgehead atoms. The lowest BCUT2D eigenvalue weighted by atomic mass is 10.0. The molecule has 1 aliphatic rings. The number of likely N-dealkylation sites (tertiary alicyclic amines) is 1. The average molecular weight is 385 g/mol. The van der Waals surface area contributed by atoms with E-state index in [-0.39, 0.29) is 24.3 Å². The Balaban J connectivity index is 1.60. The summed E-state index contributed by atoms with van der Waals surface area (Å²) in [5, 5.41) is 2.95. The van der Waals surface area contributed by atoms with Crippen molar-refractivity contribution in [2.24, 2.45) is 0 Å².